The van der Waals surface area contributed by atoms with E-state index in [4.69, 9.17) is 0 Å². The van der Waals surface area contributed by atoms with E-state index in [2.05, 4.69) is 24.3 Å². The van der Waals surface area contributed by atoms with Gasteiger partial charge in [-0.1, -0.05) is 0 Å². The monoisotopic (exact) mass is 326 g/mol. The molecule has 4 heteroatoms. The third kappa shape index (κ3) is 6.17. The summed E-state index contributed by atoms with van der Waals surface area (Å²) < 4.78 is 0. The van der Waals surface area contributed by atoms with Gasteiger partial charge < -0.3 is 16.4 Å². The zero-order chi connectivity index (χ0) is 5.82. The third-order valence-electron chi connectivity index (χ3n) is 0.997. The van der Waals surface area contributed by atoms with Crippen molar-refractivity contribution < 1.29 is 35.6 Å². The third-order valence-corrected chi connectivity index (χ3v) is 2.11. The van der Waals surface area contributed by atoms with Crippen LogP contribution in [0.15, 0.2) is 30.3 Å². The zero-order valence-corrected chi connectivity index (χ0v) is 8.41. The van der Waals surface area contributed by atoms with E-state index in [0.717, 1.165) is 0 Å². The first-order valence-electron chi connectivity index (χ1n) is 2.53. The summed E-state index contributed by atoms with van der Waals surface area (Å²) in [6.07, 6.45) is 0. The first kappa shape index (κ1) is 17.0. The summed E-state index contributed by atoms with van der Waals surface area (Å²) >= 11 is 1.81. The zero-order valence-electron chi connectivity index (χ0n) is 5.70. The van der Waals surface area contributed by atoms with E-state index in [-0.39, 0.29) is 16.4 Å². The van der Waals surface area contributed by atoms with E-state index in [0.29, 0.717) is 0 Å². The van der Waals surface area contributed by atoms with Gasteiger partial charge in [-0.15, -0.1) is 0 Å². The van der Waals surface area contributed by atoms with E-state index in [9.17, 15) is 0 Å². The molecule has 0 unspecified atom stereocenters. The number of hydrogen-bond acceptors (Lipinski definition) is 0. The van der Waals surface area contributed by atoms with Gasteiger partial charge in [0, 0.05) is 0 Å². The Balaban J connectivity index is -0.000000213. The van der Waals surface area contributed by atoms with Crippen molar-refractivity contribution in [2.45, 2.75) is 4.89 Å². The molecule has 0 aliphatic rings. The number of benzene rings is 1. The van der Waals surface area contributed by atoms with Crippen molar-refractivity contribution in [1.29, 1.82) is 0 Å². The van der Waals surface area contributed by atoms with Gasteiger partial charge in [0.25, 0.3) is 0 Å². The van der Waals surface area contributed by atoms with Crippen LogP contribution in [0.25, 0.3) is 0 Å². The Hall–Kier alpha value is -0.238. The summed E-state index contributed by atoms with van der Waals surface area (Å²) in [5, 5.41) is 0. The Labute approximate surface area is 76.8 Å². The number of hydrogen-bond donors (Lipinski definition) is 0. The average Bonchev–Trinajstić information content (AvgIpc) is 1.90. The van der Waals surface area contributed by atoms with Crippen LogP contribution < -0.4 is 0 Å². The molecule has 0 heterocycles. The fraction of sp³-hybridized carbons (Fsp3) is 0.143. The first-order valence-corrected chi connectivity index (χ1v) is 4.45. The van der Waals surface area contributed by atoms with E-state index in [1.807, 2.05) is 25.3 Å². The quantitative estimate of drug-likeness (QED) is 0.747. The fourth-order valence-electron chi connectivity index (χ4n) is 0.567. The van der Waals surface area contributed by atoms with Crippen molar-refractivity contribution in [3.8, 4) is 0 Å². The average molecular weight is 325 g/mol. The van der Waals surface area contributed by atoms with Crippen LogP contribution in [0.1, 0.15) is 5.56 Å². The first-order chi connectivity index (χ1) is 3.93. The van der Waals surface area contributed by atoms with Gasteiger partial charge in [-0.25, -0.2) is 0 Å². The summed E-state index contributed by atoms with van der Waals surface area (Å²) in [6, 6.07) is 10.5. The fourth-order valence-corrected chi connectivity index (χ4v) is 1.21. The van der Waals surface area contributed by atoms with Crippen LogP contribution in [0.2, 0.25) is 0 Å². The molecule has 0 atom stereocenters. The van der Waals surface area contributed by atoms with Crippen LogP contribution in [-0.2, 0) is 40.5 Å². The topological polar surface area (TPSA) is 85.5 Å². The van der Waals surface area contributed by atoms with Gasteiger partial charge in [0.2, 0.25) is 0 Å². The Kier molecular flexibility index (Phi) is 15.1. The van der Waals surface area contributed by atoms with Crippen LogP contribution in [0, 0.1) is 0 Å². The van der Waals surface area contributed by atoms with Crippen molar-refractivity contribution in [3.05, 3.63) is 35.9 Å². The van der Waals surface area contributed by atoms with Crippen LogP contribution in [0.4, 0.5) is 0 Å². The minimum absolute atomic E-state index is 0. The van der Waals surface area contributed by atoms with Crippen molar-refractivity contribution >= 4 is 0 Å². The maximum atomic E-state index is 2.15. The molecule has 0 radical (unpaired) electrons. The van der Waals surface area contributed by atoms with Crippen molar-refractivity contribution in [2.75, 3.05) is 0 Å². The van der Waals surface area contributed by atoms with E-state index >= 15 is 0 Å². The molecule has 0 bridgehead atoms. The minimum atomic E-state index is 0. The molecule has 0 spiro atoms. The molecule has 0 amide bonds. The molecule has 1 aromatic rings. The van der Waals surface area contributed by atoms with Crippen LogP contribution in [0.5, 0.6) is 0 Å². The van der Waals surface area contributed by atoms with E-state index in [1.165, 1.54) is 10.5 Å². The summed E-state index contributed by atoms with van der Waals surface area (Å²) in [7, 11) is 0. The predicted octanol–water partition coefficient (Wildman–Crippen LogP) is 1.38. The van der Waals surface area contributed by atoms with Gasteiger partial charge in [-0.3, -0.25) is 0 Å². The van der Waals surface area contributed by atoms with Crippen LogP contribution in [-0.4, -0.2) is 0 Å². The van der Waals surface area contributed by atoms with Gasteiger partial charge in [0.1, 0.15) is 0 Å². The van der Waals surface area contributed by atoms with Gasteiger partial charge in [-0.05, 0) is 0 Å². The van der Waals surface area contributed by atoms with Crippen molar-refractivity contribution in [1.82, 2.24) is 0 Å². The molecule has 0 saturated heterocycles. The molecule has 1 aromatic carbocycles. The Morgan fingerprint density at radius 1 is 0.909 bits per heavy atom. The summed E-state index contributed by atoms with van der Waals surface area (Å²) in [5.74, 6) is 0. The molecule has 0 saturated carbocycles. The van der Waals surface area contributed by atoms with Crippen molar-refractivity contribution in [3.63, 3.8) is 0 Å². The molecule has 60 valence electrons. The van der Waals surface area contributed by atoms with Crippen molar-refractivity contribution in [2.24, 2.45) is 0 Å². The van der Waals surface area contributed by atoms with Crippen LogP contribution in [0.3, 0.4) is 0 Å². The second-order valence-electron chi connectivity index (χ2n) is 1.62. The Morgan fingerprint density at radius 2 is 1.36 bits per heavy atom. The standard InChI is InChI=1S/C7H7.3O.Re/c1-7-5-3-2-4-6-7;;;;/h2-6H,1H2;;;;/q;3*-2;+6. The van der Waals surface area contributed by atoms with E-state index < -0.39 is 0 Å². The summed E-state index contributed by atoms with van der Waals surface area (Å²) in [6.45, 7) is 0. The Morgan fingerprint density at radius 3 is 1.64 bits per heavy atom. The molecule has 0 fully saturated rings. The van der Waals surface area contributed by atoms with Gasteiger partial charge in [0.15, 0.2) is 0 Å². The number of rotatable bonds is 1. The van der Waals surface area contributed by atoms with Gasteiger partial charge in [0.05, 0.1) is 0 Å². The summed E-state index contributed by atoms with van der Waals surface area (Å²) in [5.41, 5.74) is 1.43. The molecule has 0 aliphatic carbocycles. The molecule has 0 aromatic heterocycles. The predicted molar refractivity (Wildman–Crippen MR) is 32.2 cm³/mol. The molecule has 1 rings (SSSR count). The Bertz CT molecular complexity index is 155. The molecule has 3 nitrogen and oxygen atoms in total. The molecule has 11 heavy (non-hydrogen) atoms. The normalized spacial score (nSPS) is 6.73. The van der Waals surface area contributed by atoms with Gasteiger partial charge in [-0.2, -0.15) is 0 Å². The van der Waals surface area contributed by atoms with Crippen LogP contribution >= 0.6 is 0 Å². The maximum absolute atomic E-state index is 2.15. The second kappa shape index (κ2) is 9.76. The SMILES string of the molecule is [O-2].[O-2].[O-2].[Re+6][CH2]c1ccccc1. The molecule has 0 N–H and O–H groups in total. The molecular formula is C7H7O3Re. The van der Waals surface area contributed by atoms with E-state index in [1.54, 1.807) is 0 Å². The second-order valence-corrected chi connectivity index (χ2v) is 2.58. The molecular weight excluding hydrogens is 318 g/mol. The summed E-state index contributed by atoms with van der Waals surface area (Å²) in [4.78, 5) is 1.20. The molecule has 0 aliphatic heterocycles. The van der Waals surface area contributed by atoms with Gasteiger partial charge >= 0.3 is 60.0 Å².